The summed E-state index contributed by atoms with van der Waals surface area (Å²) in [5.74, 6) is 3.62. The first-order valence-corrected chi connectivity index (χ1v) is 9.87. The monoisotopic (exact) mass is 389 g/mol. The molecule has 0 aromatic heterocycles. The van der Waals surface area contributed by atoms with E-state index in [4.69, 9.17) is 9.47 Å². The molecule has 2 aliphatic rings. The fraction of sp³-hybridized carbons (Fsp3) is 0.250. The number of hydrogen-bond acceptors (Lipinski definition) is 5. The highest BCUT2D eigenvalue weighted by molar-refractivity contribution is 5.73. The summed E-state index contributed by atoms with van der Waals surface area (Å²) in [6.45, 7) is 3.82. The van der Waals surface area contributed by atoms with E-state index >= 15 is 0 Å². The van der Waals surface area contributed by atoms with Gasteiger partial charge in [-0.1, -0.05) is 36.4 Å². The van der Waals surface area contributed by atoms with Crippen molar-refractivity contribution in [3.05, 3.63) is 89.0 Å². The van der Waals surface area contributed by atoms with Gasteiger partial charge in [0.1, 0.15) is 11.6 Å². The second-order valence-electron chi connectivity index (χ2n) is 7.17. The summed E-state index contributed by atoms with van der Waals surface area (Å²) in [6, 6.07) is 16.6. The van der Waals surface area contributed by atoms with Crippen molar-refractivity contribution in [1.29, 1.82) is 0 Å². The molecule has 2 N–H and O–H groups in total. The second-order valence-corrected chi connectivity index (χ2v) is 7.17. The van der Waals surface area contributed by atoms with E-state index < -0.39 is 0 Å². The first kappa shape index (κ1) is 19.0. The molecule has 2 aromatic carbocycles. The van der Waals surface area contributed by atoms with E-state index in [1.54, 1.807) is 14.2 Å². The SMILES string of the molecule is COc1ccc(C2=C(NCCc3ccccc3)N3CC=C(C)C=C3N2)cc1OC. The maximum absolute atomic E-state index is 5.51. The summed E-state index contributed by atoms with van der Waals surface area (Å²) < 4.78 is 10.9. The summed E-state index contributed by atoms with van der Waals surface area (Å²) in [5.41, 5.74) is 4.69. The number of hydrogen-bond donors (Lipinski definition) is 2. The summed E-state index contributed by atoms with van der Waals surface area (Å²) >= 11 is 0. The smallest absolute Gasteiger partial charge is 0.161 e. The van der Waals surface area contributed by atoms with Gasteiger partial charge in [0.2, 0.25) is 0 Å². The lowest BCUT2D eigenvalue weighted by Gasteiger charge is -2.25. The number of methoxy groups -OCH3 is 2. The van der Waals surface area contributed by atoms with Crippen LogP contribution in [0.15, 0.2) is 77.9 Å². The van der Waals surface area contributed by atoms with Gasteiger partial charge in [-0.25, -0.2) is 0 Å². The molecule has 0 atom stereocenters. The van der Waals surface area contributed by atoms with E-state index in [1.165, 1.54) is 11.1 Å². The van der Waals surface area contributed by atoms with Crippen LogP contribution in [-0.4, -0.2) is 32.2 Å². The predicted octanol–water partition coefficient (Wildman–Crippen LogP) is 3.87. The third-order valence-corrected chi connectivity index (χ3v) is 5.23. The van der Waals surface area contributed by atoms with E-state index in [0.29, 0.717) is 0 Å². The third kappa shape index (κ3) is 3.94. The molecule has 4 rings (SSSR count). The van der Waals surface area contributed by atoms with Gasteiger partial charge < -0.3 is 25.0 Å². The molecule has 0 aliphatic carbocycles. The van der Waals surface area contributed by atoms with Crippen LogP contribution in [0.4, 0.5) is 0 Å². The predicted molar refractivity (Wildman–Crippen MR) is 116 cm³/mol. The molecule has 2 aromatic rings. The van der Waals surface area contributed by atoms with Gasteiger partial charge in [-0.15, -0.1) is 0 Å². The minimum Gasteiger partial charge on any atom is -0.493 e. The van der Waals surface area contributed by atoms with Gasteiger partial charge in [-0.3, -0.25) is 0 Å². The van der Waals surface area contributed by atoms with Crippen molar-refractivity contribution in [3.63, 3.8) is 0 Å². The largest absolute Gasteiger partial charge is 0.493 e. The molecule has 0 saturated carbocycles. The number of rotatable bonds is 7. The van der Waals surface area contributed by atoms with Crippen LogP contribution in [0.25, 0.3) is 5.70 Å². The summed E-state index contributed by atoms with van der Waals surface area (Å²) in [6.07, 6.45) is 5.38. The highest BCUT2D eigenvalue weighted by Gasteiger charge is 2.29. The molecule has 0 saturated heterocycles. The van der Waals surface area contributed by atoms with E-state index in [1.807, 2.05) is 12.1 Å². The van der Waals surface area contributed by atoms with Crippen molar-refractivity contribution >= 4 is 5.70 Å². The lowest BCUT2D eigenvalue weighted by Crippen LogP contribution is -2.31. The van der Waals surface area contributed by atoms with Crippen LogP contribution < -0.4 is 20.1 Å². The maximum atomic E-state index is 5.51. The molecule has 2 aliphatic heterocycles. The zero-order valence-electron chi connectivity index (χ0n) is 17.2. The molecule has 5 heteroatoms. The van der Waals surface area contributed by atoms with E-state index in [2.05, 4.69) is 71.0 Å². The zero-order valence-corrected chi connectivity index (χ0v) is 17.2. The topological polar surface area (TPSA) is 45.8 Å². The first-order valence-electron chi connectivity index (χ1n) is 9.87. The van der Waals surface area contributed by atoms with Gasteiger partial charge >= 0.3 is 0 Å². The van der Waals surface area contributed by atoms with Gasteiger partial charge in [-0.2, -0.15) is 0 Å². The molecule has 0 amide bonds. The highest BCUT2D eigenvalue weighted by atomic mass is 16.5. The average Bonchev–Trinajstić information content (AvgIpc) is 3.11. The Bertz CT molecular complexity index is 977. The average molecular weight is 389 g/mol. The fourth-order valence-electron chi connectivity index (χ4n) is 3.68. The molecule has 29 heavy (non-hydrogen) atoms. The third-order valence-electron chi connectivity index (χ3n) is 5.23. The lowest BCUT2D eigenvalue weighted by molar-refractivity contribution is 0.355. The molecule has 150 valence electrons. The van der Waals surface area contributed by atoms with Crippen LogP contribution in [0, 0.1) is 0 Å². The van der Waals surface area contributed by atoms with Crippen LogP contribution in [0.1, 0.15) is 18.1 Å². The van der Waals surface area contributed by atoms with Crippen LogP contribution >= 0.6 is 0 Å². The Morgan fingerprint density at radius 1 is 1.03 bits per heavy atom. The minimum absolute atomic E-state index is 0.719. The zero-order chi connectivity index (χ0) is 20.2. The Kier molecular flexibility index (Phi) is 5.47. The maximum Gasteiger partial charge on any atom is 0.161 e. The molecule has 2 heterocycles. The normalized spacial score (nSPS) is 15.3. The van der Waals surface area contributed by atoms with Crippen molar-refractivity contribution in [2.24, 2.45) is 0 Å². The van der Waals surface area contributed by atoms with E-state index in [-0.39, 0.29) is 0 Å². The Balaban J connectivity index is 1.63. The van der Waals surface area contributed by atoms with Crippen molar-refractivity contribution in [2.45, 2.75) is 13.3 Å². The molecule has 0 radical (unpaired) electrons. The van der Waals surface area contributed by atoms with E-state index in [9.17, 15) is 0 Å². The molecular weight excluding hydrogens is 362 g/mol. The molecule has 0 unspecified atom stereocenters. The van der Waals surface area contributed by atoms with Crippen LogP contribution in [0.2, 0.25) is 0 Å². The molecule has 0 spiro atoms. The number of nitrogens with one attached hydrogen (secondary N) is 2. The van der Waals surface area contributed by atoms with Gasteiger partial charge in [-0.05, 0) is 48.8 Å². The van der Waals surface area contributed by atoms with E-state index in [0.717, 1.165) is 53.9 Å². The van der Waals surface area contributed by atoms with Gasteiger partial charge in [0.05, 0.1) is 19.9 Å². The van der Waals surface area contributed by atoms with Crippen molar-refractivity contribution in [3.8, 4) is 11.5 Å². The number of nitrogens with zero attached hydrogens (tertiary/aromatic N) is 1. The fourth-order valence-corrected chi connectivity index (χ4v) is 3.68. The van der Waals surface area contributed by atoms with Crippen LogP contribution in [0.3, 0.4) is 0 Å². The van der Waals surface area contributed by atoms with Gasteiger partial charge in [0, 0.05) is 18.7 Å². The quantitative estimate of drug-likeness (QED) is 0.753. The van der Waals surface area contributed by atoms with Crippen molar-refractivity contribution in [2.75, 3.05) is 27.3 Å². The van der Waals surface area contributed by atoms with Crippen LogP contribution in [-0.2, 0) is 6.42 Å². The van der Waals surface area contributed by atoms with Crippen molar-refractivity contribution in [1.82, 2.24) is 15.5 Å². The second kappa shape index (κ2) is 8.35. The molecule has 0 fully saturated rings. The number of benzene rings is 2. The molecule has 0 bridgehead atoms. The Hall–Kier alpha value is -3.34. The Labute approximate surface area is 172 Å². The minimum atomic E-state index is 0.719. The summed E-state index contributed by atoms with van der Waals surface area (Å²) in [7, 11) is 3.32. The number of ether oxygens (including phenoxy) is 2. The van der Waals surface area contributed by atoms with Gasteiger partial charge in [0.15, 0.2) is 11.5 Å². The lowest BCUT2D eigenvalue weighted by atomic mass is 10.1. The summed E-state index contributed by atoms with van der Waals surface area (Å²) in [4.78, 5) is 2.28. The Morgan fingerprint density at radius 2 is 1.83 bits per heavy atom. The highest BCUT2D eigenvalue weighted by Crippen LogP contribution is 2.35. The number of allylic oxidation sites excluding steroid dienone is 2. The standard InChI is InChI=1S/C24H27N3O2/c1-17-12-14-27-22(15-17)26-23(19-9-10-20(28-2)21(16-19)29-3)24(27)25-13-11-18-7-5-4-6-8-18/h4-10,12,15-16,25-26H,11,13-14H2,1-3H3. The number of fused-ring (bicyclic) bond motifs is 1. The van der Waals surface area contributed by atoms with Crippen molar-refractivity contribution < 1.29 is 9.47 Å². The first-order chi connectivity index (χ1) is 14.2. The van der Waals surface area contributed by atoms with Gasteiger partial charge in [0.25, 0.3) is 0 Å². The summed E-state index contributed by atoms with van der Waals surface area (Å²) in [5, 5.41) is 7.25. The van der Waals surface area contributed by atoms with Crippen LogP contribution in [0.5, 0.6) is 11.5 Å². The molecule has 5 nitrogen and oxygen atoms in total. The Morgan fingerprint density at radius 3 is 2.59 bits per heavy atom. The molecular formula is C24H27N3O2.